The number of carboxylic acids is 2. The zero-order valence-electron chi connectivity index (χ0n) is 31.0. The molecule has 0 aromatic heterocycles. The Balaban J connectivity index is 5.55. The number of nitrogens with two attached hydrogens (primary N) is 3. The minimum atomic E-state index is -1.47. The highest BCUT2D eigenvalue weighted by Crippen LogP contribution is 2.06. The fourth-order valence-corrected chi connectivity index (χ4v) is 4.51. The van der Waals surface area contributed by atoms with Gasteiger partial charge in [-0.25, -0.2) is 4.79 Å². The maximum Gasteiger partial charge on any atom is 0.326 e. The Labute approximate surface area is 308 Å². The van der Waals surface area contributed by atoms with Gasteiger partial charge in [0, 0.05) is 6.42 Å². The van der Waals surface area contributed by atoms with Crippen molar-refractivity contribution >= 4 is 53.3 Å². The van der Waals surface area contributed by atoms with Gasteiger partial charge in [-0.2, -0.15) is 0 Å². The highest BCUT2D eigenvalue weighted by molar-refractivity contribution is 5.97. The summed E-state index contributed by atoms with van der Waals surface area (Å²) < 4.78 is 0. The normalized spacial score (nSPS) is 15.4. The van der Waals surface area contributed by atoms with E-state index in [0.29, 0.717) is 38.8 Å². The maximum absolute atomic E-state index is 13.3. The SMILES string of the molecule is C[C@H](N)C(=O)N[C@@H](C)C(=O)N[C@@H](CCCCN)C(=O)N[C@@H](CCC(=O)O)C(=O)N[C@@H](C)C(=O)N[C@@H](C)C(=O)N[C@@H](C)C(=O)N[C@@H](CCCCN)C(=O)O. The molecule has 0 rings (SSSR count). The molecule has 302 valence electrons. The summed E-state index contributed by atoms with van der Waals surface area (Å²) in [4.78, 5) is 112. The molecule has 0 saturated heterocycles. The molecular weight excluding hydrogens is 700 g/mol. The van der Waals surface area contributed by atoms with Crippen LogP contribution in [-0.4, -0.2) is 125 Å². The van der Waals surface area contributed by atoms with Gasteiger partial charge in [0.2, 0.25) is 41.4 Å². The highest BCUT2D eigenvalue weighted by atomic mass is 16.4. The quantitative estimate of drug-likeness (QED) is 0.0375. The molecule has 21 heteroatoms. The largest absolute Gasteiger partial charge is 0.481 e. The van der Waals surface area contributed by atoms with Crippen molar-refractivity contribution in [3.05, 3.63) is 0 Å². The number of amides is 7. The Bertz CT molecular complexity index is 1280. The molecule has 7 amide bonds. The zero-order valence-corrected chi connectivity index (χ0v) is 31.0. The van der Waals surface area contributed by atoms with Gasteiger partial charge < -0.3 is 64.6 Å². The smallest absolute Gasteiger partial charge is 0.326 e. The van der Waals surface area contributed by atoms with Gasteiger partial charge in [-0.3, -0.25) is 38.4 Å². The van der Waals surface area contributed by atoms with E-state index in [1.807, 2.05) is 0 Å². The first-order valence-electron chi connectivity index (χ1n) is 17.5. The van der Waals surface area contributed by atoms with Crippen LogP contribution in [0, 0.1) is 0 Å². The van der Waals surface area contributed by atoms with Crippen LogP contribution in [0.2, 0.25) is 0 Å². The van der Waals surface area contributed by atoms with Crippen LogP contribution in [0.1, 0.15) is 86.0 Å². The van der Waals surface area contributed by atoms with Crippen LogP contribution in [0.3, 0.4) is 0 Å². The molecule has 0 saturated carbocycles. The summed E-state index contributed by atoms with van der Waals surface area (Å²) in [5.74, 6) is -8.03. The van der Waals surface area contributed by atoms with Crippen LogP contribution >= 0.6 is 0 Å². The van der Waals surface area contributed by atoms with Crippen molar-refractivity contribution in [3.8, 4) is 0 Å². The molecule has 15 N–H and O–H groups in total. The molecule has 0 aliphatic rings. The Morgan fingerprint density at radius 2 is 0.774 bits per heavy atom. The Morgan fingerprint density at radius 1 is 0.453 bits per heavy atom. The van der Waals surface area contributed by atoms with E-state index in [1.54, 1.807) is 0 Å². The molecule has 53 heavy (non-hydrogen) atoms. The minimum Gasteiger partial charge on any atom is -0.481 e. The zero-order chi connectivity index (χ0) is 40.8. The summed E-state index contributed by atoms with van der Waals surface area (Å²) in [6.07, 6.45) is 1.20. The van der Waals surface area contributed by atoms with Crippen molar-refractivity contribution in [1.82, 2.24) is 37.2 Å². The standard InChI is InChI=1S/C32H58N10O11/c1-16(35)25(45)36-19(4)28(48)40-21(10-6-8-14-33)31(51)41-22(12-13-24(43)44)30(50)39-18(3)27(47)37-17(2)26(46)38-20(5)29(49)42-23(32(52)53)11-7-9-15-34/h16-23H,6-15,33-35H2,1-5H3,(H,36,45)(H,37,47)(H,38,46)(H,39,50)(H,40,48)(H,41,51)(H,42,49)(H,43,44)(H,52,53)/t16-,17-,18-,19-,20-,21-,22-,23-/m0/s1. The summed E-state index contributed by atoms with van der Waals surface area (Å²) in [6.45, 7) is 7.36. The van der Waals surface area contributed by atoms with Crippen molar-refractivity contribution in [2.45, 2.75) is 134 Å². The van der Waals surface area contributed by atoms with Crippen molar-refractivity contribution in [1.29, 1.82) is 0 Å². The molecule has 0 bridgehead atoms. The van der Waals surface area contributed by atoms with Gasteiger partial charge in [0.25, 0.3) is 0 Å². The van der Waals surface area contributed by atoms with Gasteiger partial charge in [0.1, 0.15) is 42.3 Å². The lowest BCUT2D eigenvalue weighted by molar-refractivity contribution is -0.142. The van der Waals surface area contributed by atoms with Gasteiger partial charge in [0.15, 0.2) is 0 Å². The highest BCUT2D eigenvalue weighted by Gasteiger charge is 2.31. The second-order valence-corrected chi connectivity index (χ2v) is 12.7. The Morgan fingerprint density at radius 3 is 1.17 bits per heavy atom. The summed E-state index contributed by atoms with van der Waals surface area (Å²) in [6, 6.07) is -9.54. The second-order valence-electron chi connectivity index (χ2n) is 12.7. The van der Waals surface area contributed by atoms with Gasteiger partial charge in [-0.15, -0.1) is 0 Å². The number of carbonyl (C=O) groups excluding carboxylic acids is 7. The number of hydrogen-bond acceptors (Lipinski definition) is 12. The van der Waals surface area contributed by atoms with E-state index in [4.69, 9.17) is 17.2 Å². The lowest BCUT2D eigenvalue weighted by atomic mass is 10.1. The fraction of sp³-hybridized carbons (Fsp3) is 0.719. The lowest BCUT2D eigenvalue weighted by Crippen LogP contribution is -2.59. The molecule has 0 unspecified atom stereocenters. The van der Waals surface area contributed by atoms with Crippen LogP contribution in [0.4, 0.5) is 0 Å². The maximum atomic E-state index is 13.3. The third-order valence-corrected chi connectivity index (χ3v) is 7.84. The van der Waals surface area contributed by atoms with E-state index in [1.165, 1.54) is 34.6 Å². The van der Waals surface area contributed by atoms with E-state index in [2.05, 4.69) is 37.2 Å². The summed E-state index contributed by atoms with van der Waals surface area (Å²) in [7, 11) is 0. The van der Waals surface area contributed by atoms with Crippen LogP contribution < -0.4 is 54.4 Å². The molecule has 0 spiro atoms. The molecule has 0 heterocycles. The average molecular weight is 759 g/mol. The number of carbonyl (C=O) groups is 9. The van der Waals surface area contributed by atoms with Gasteiger partial charge in [-0.05, 0) is 92.7 Å². The van der Waals surface area contributed by atoms with E-state index >= 15 is 0 Å². The third-order valence-electron chi connectivity index (χ3n) is 7.84. The van der Waals surface area contributed by atoms with Gasteiger partial charge in [0.05, 0.1) is 6.04 Å². The molecular formula is C32H58N10O11. The summed E-state index contributed by atoms with van der Waals surface area (Å²) in [5.41, 5.74) is 16.5. The molecule has 0 aromatic carbocycles. The first-order chi connectivity index (χ1) is 24.7. The van der Waals surface area contributed by atoms with Crippen molar-refractivity contribution < 1.29 is 53.4 Å². The summed E-state index contributed by atoms with van der Waals surface area (Å²) >= 11 is 0. The third kappa shape index (κ3) is 19.5. The molecule has 0 aliphatic carbocycles. The molecule has 0 aromatic rings. The monoisotopic (exact) mass is 758 g/mol. The minimum absolute atomic E-state index is 0.0873. The molecule has 0 radical (unpaired) electrons. The number of carboxylic acid groups (broad SMARTS) is 2. The predicted molar refractivity (Wildman–Crippen MR) is 190 cm³/mol. The number of aliphatic carboxylic acids is 2. The van der Waals surface area contributed by atoms with Crippen LogP contribution in [0.15, 0.2) is 0 Å². The second kappa shape index (κ2) is 25.1. The lowest BCUT2D eigenvalue weighted by Gasteiger charge is -2.25. The van der Waals surface area contributed by atoms with Crippen LogP contribution in [0.5, 0.6) is 0 Å². The van der Waals surface area contributed by atoms with Gasteiger partial charge >= 0.3 is 11.9 Å². The van der Waals surface area contributed by atoms with Crippen molar-refractivity contribution in [2.75, 3.05) is 13.1 Å². The van der Waals surface area contributed by atoms with Crippen LogP contribution in [0.25, 0.3) is 0 Å². The summed E-state index contributed by atoms with van der Waals surface area (Å²) in [5, 5.41) is 35.4. The van der Waals surface area contributed by atoms with Gasteiger partial charge in [-0.1, -0.05) is 0 Å². The number of nitrogens with one attached hydrogen (secondary N) is 7. The molecule has 21 nitrogen and oxygen atoms in total. The van der Waals surface area contributed by atoms with E-state index < -0.39 is 108 Å². The molecule has 8 atom stereocenters. The fourth-order valence-electron chi connectivity index (χ4n) is 4.51. The Hall–Kier alpha value is -4.89. The van der Waals surface area contributed by atoms with Crippen molar-refractivity contribution in [2.24, 2.45) is 17.2 Å². The van der Waals surface area contributed by atoms with E-state index in [0.717, 1.165) is 0 Å². The number of unbranched alkanes of at least 4 members (excludes halogenated alkanes) is 2. The Kier molecular flexibility index (Phi) is 22.8. The van der Waals surface area contributed by atoms with Crippen molar-refractivity contribution in [3.63, 3.8) is 0 Å². The molecule has 0 fully saturated rings. The number of rotatable bonds is 26. The first kappa shape index (κ1) is 48.1. The van der Waals surface area contributed by atoms with Crippen LogP contribution in [-0.2, 0) is 43.2 Å². The first-order valence-corrected chi connectivity index (χ1v) is 17.5. The van der Waals surface area contributed by atoms with E-state index in [-0.39, 0.29) is 19.3 Å². The number of hydrogen-bond donors (Lipinski definition) is 12. The topological polar surface area (TPSA) is 356 Å². The van der Waals surface area contributed by atoms with E-state index in [9.17, 15) is 53.4 Å². The molecule has 0 aliphatic heterocycles. The average Bonchev–Trinajstić information content (AvgIpc) is 3.08. The predicted octanol–water partition coefficient (Wildman–Crippen LogP) is -3.99.